The van der Waals surface area contributed by atoms with Crippen LogP contribution in [-0.2, 0) is 15.4 Å². The predicted molar refractivity (Wildman–Crippen MR) is 76.2 cm³/mol. The quantitative estimate of drug-likeness (QED) is 0.860. The zero-order chi connectivity index (χ0) is 13.8. The molecule has 0 spiro atoms. The molecule has 0 bridgehead atoms. The highest BCUT2D eigenvalue weighted by Crippen LogP contribution is 2.23. The van der Waals surface area contributed by atoms with Gasteiger partial charge in [0.1, 0.15) is 0 Å². The van der Waals surface area contributed by atoms with E-state index in [2.05, 4.69) is 25.5 Å². The summed E-state index contributed by atoms with van der Waals surface area (Å²) < 4.78 is 25.9. The van der Waals surface area contributed by atoms with Gasteiger partial charge in [-0.2, -0.15) is 0 Å². The highest BCUT2D eigenvalue weighted by molar-refractivity contribution is 7.92. The molecule has 0 saturated carbocycles. The van der Waals surface area contributed by atoms with Crippen molar-refractivity contribution in [2.45, 2.75) is 32.6 Å². The van der Waals surface area contributed by atoms with Crippen LogP contribution < -0.4 is 10.5 Å². The van der Waals surface area contributed by atoms with Crippen molar-refractivity contribution in [2.24, 2.45) is 5.73 Å². The van der Waals surface area contributed by atoms with E-state index in [1.165, 1.54) is 5.56 Å². The summed E-state index contributed by atoms with van der Waals surface area (Å²) in [5.41, 5.74) is 7.14. The molecule has 0 unspecified atom stereocenters. The molecule has 0 atom stereocenters. The van der Waals surface area contributed by atoms with Gasteiger partial charge >= 0.3 is 0 Å². The molecule has 0 aliphatic heterocycles. The van der Waals surface area contributed by atoms with E-state index in [4.69, 9.17) is 5.73 Å². The maximum Gasteiger partial charge on any atom is 0.232 e. The fourth-order valence-electron chi connectivity index (χ4n) is 1.54. The number of hydrogen-bond acceptors (Lipinski definition) is 3. The Hall–Kier alpha value is -1.07. The zero-order valence-corrected chi connectivity index (χ0v) is 12.0. The molecule has 5 heteroatoms. The highest BCUT2D eigenvalue weighted by Gasteiger charge is 2.14. The fourth-order valence-corrected chi connectivity index (χ4v) is 2.69. The lowest BCUT2D eigenvalue weighted by Crippen LogP contribution is -2.19. The summed E-state index contributed by atoms with van der Waals surface area (Å²) in [7, 11) is -3.28. The molecule has 0 aliphatic carbocycles. The first-order valence-corrected chi connectivity index (χ1v) is 7.71. The molecular formula is C13H22N2O2S. The van der Waals surface area contributed by atoms with Gasteiger partial charge in [0.15, 0.2) is 0 Å². The second kappa shape index (κ2) is 5.71. The summed E-state index contributed by atoms with van der Waals surface area (Å²) in [6.07, 6.45) is 0.468. The van der Waals surface area contributed by atoms with E-state index in [-0.39, 0.29) is 11.2 Å². The molecule has 0 aliphatic rings. The summed E-state index contributed by atoms with van der Waals surface area (Å²) in [6, 6.07) is 7.47. The summed E-state index contributed by atoms with van der Waals surface area (Å²) in [5, 5.41) is 0. The molecule has 1 aromatic rings. The van der Waals surface area contributed by atoms with Crippen LogP contribution in [0.5, 0.6) is 0 Å². The topological polar surface area (TPSA) is 72.2 Å². The molecule has 0 amide bonds. The first-order valence-electron chi connectivity index (χ1n) is 6.06. The monoisotopic (exact) mass is 270 g/mol. The number of rotatable bonds is 5. The number of sulfonamides is 1. The van der Waals surface area contributed by atoms with Crippen LogP contribution >= 0.6 is 0 Å². The van der Waals surface area contributed by atoms with E-state index < -0.39 is 10.0 Å². The molecule has 1 rings (SSSR count). The Balaban J connectivity index is 2.75. The number of benzene rings is 1. The van der Waals surface area contributed by atoms with Gasteiger partial charge in [-0.15, -0.1) is 0 Å². The SMILES string of the molecule is CC(C)(C)c1ccc(NS(=O)(=O)CCCN)cc1. The van der Waals surface area contributed by atoms with Gasteiger partial charge in [-0.3, -0.25) is 4.72 Å². The smallest absolute Gasteiger partial charge is 0.232 e. The summed E-state index contributed by atoms with van der Waals surface area (Å²) in [4.78, 5) is 0. The van der Waals surface area contributed by atoms with Crippen LogP contribution in [0.1, 0.15) is 32.8 Å². The van der Waals surface area contributed by atoms with Gasteiger partial charge in [-0.1, -0.05) is 32.9 Å². The standard InChI is InChI=1S/C13H22N2O2S/c1-13(2,3)11-5-7-12(8-6-11)15-18(16,17)10-4-9-14/h5-8,15H,4,9-10,14H2,1-3H3. The Morgan fingerprint density at radius 1 is 1.17 bits per heavy atom. The van der Waals surface area contributed by atoms with Crippen LogP contribution in [0.4, 0.5) is 5.69 Å². The van der Waals surface area contributed by atoms with Crippen molar-refractivity contribution in [1.29, 1.82) is 0 Å². The molecular weight excluding hydrogens is 248 g/mol. The molecule has 0 fully saturated rings. The highest BCUT2D eigenvalue weighted by atomic mass is 32.2. The van der Waals surface area contributed by atoms with Crippen LogP contribution in [0.25, 0.3) is 0 Å². The zero-order valence-electron chi connectivity index (χ0n) is 11.2. The van der Waals surface area contributed by atoms with Crippen molar-refractivity contribution in [2.75, 3.05) is 17.0 Å². The molecule has 102 valence electrons. The average Bonchev–Trinajstić information content (AvgIpc) is 2.25. The Morgan fingerprint density at radius 3 is 2.17 bits per heavy atom. The van der Waals surface area contributed by atoms with Crippen molar-refractivity contribution in [1.82, 2.24) is 0 Å². The van der Waals surface area contributed by atoms with Crippen molar-refractivity contribution >= 4 is 15.7 Å². The molecule has 18 heavy (non-hydrogen) atoms. The third kappa shape index (κ3) is 4.66. The van der Waals surface area contributed by atoms with E-state index >= 15 is 0 Å². The van der Waals surface area contributed by atoms with Crippen molar-refractivity contribution in [3.05, 3.63) is 29.8 Å². The van der Waals surface area contributed by atoms with E-state index in [1.807, 2.05) is 12.1 Å². The van der Waals surface area contributed by atoms with Gasteiger partial charge in [0.05, 0.1) is 5.75 Å². The normalized spacial score (nSPS) is 12.4. The van der Waals surface area contributed by atoms with Gasteiger partial charge in [-0.05, 0) is 36.1 Å². The Morgan fingerprint density at radius 2 is 1.72 bits per heavy atom. The van der Waals surface area contributed by atoms with Crippen LogP contribution in [0, 0.1) is 0 Å². The van der Waals surface area contributed by atoms with Crippen LogP contribution in [0.3, 0.4) is 0 Å². The van der Waals surface area contributed by atoms with Crippen molar-refractivity contribution in [3.63, 3.8) is 0 Å². The molecule has 4 nitrogen and oxygen atoms in total. The Labute approximate surface area is 110 Å². The molecule has 0 radical (unpaired) electrons. The van der Waals surface area contributed by atoms with E-state index in [0.29, 0.717) is 18.7 Å². The largest absolute Gasteiger partial charge is 0.330 e. The summed E-state index contributed by atoms with van der Waals surface area (Å²) in [6.45, 7) is 6.73. The van der Waals surface area contributed by atoms with Crippen LogP contribution in [0.15, 0.2) is 24.3 Å². The van der Waals surface area contributed by atoms with Crippen LogP contribution in [-0.4, -0.2) is 20.7 Å². The lowest BCUT2D eigenvalue weighted by atomic mass is 9.87. The number of anilines is 1. The molecule has 3 N–H and O–H groups in total. The van der Waals surface area contributed by atoms with E-state index in [0.717, 1.165) is 0 Å². The van der Waals surface area contributed by atoms with Gasteiger partial charge in [0, 0.05) is 5.69 Å². The summed E-state index contributed by atoms with van der Waals surface area (Å²) >= 11 is 0. The Bertz CT molecular complexity index is 473. The predicted octanol–water partition coefficient (Wildman–Crippen LogP) is 2.07. The molecule has 1 aromatic carbocycles. The number of hydrogen-bond donors (Lipinski definition) is 2. The second-order valence-corrected chi connectivity index (χ2v) is 7.23. The summed E-state index contributed by atoms with van der Waals surface area (Å²) in [5.74, 6) is 0.0600. The molecule has 0 saturated heterocycles. The molecule has 0 aromatic heterocycles. The molecule has 0 heterocycles. The van der Waals surface area contributed by atoms with Gasteiger partial charge in [0.2, 0.25) is 10.0 Å². The van der Waals surface area contributed by atoms with Crippen LogP contribution in [0.2, 0.25) is 0 Å². The minimum Gasteiger partial charge on any atom is -0.330 e. The first-order chi connectivity index (χ1) is 8.24. The minimum atomic E-state index is -3.28. The second-order valence-electron chi connectivity index (χ2n) is 5.39. The third-order valence-corrected chi connectivity index (χ3v) is 4.01. The van der Waals surface area contributed by atoms with Crippen molar-refractivity contribution < 1.29 is 8.42 Å². The van der Waals surface area contributed by atoms with Gasteiger partial charge in [0.25, 0.3) is 0 Å². The first kappa shape index (κ1) is 15.0. The average molecular weight is 270 g/mol. The third-order valence-electron chi connectivity index (χ3n) is 2.64. The Kier molecular flexibility index (Phi) is 4.76. The minimum absolute atomic E-state index is 0.0600. The van der Waals surface area contributed by atoms with Gasteiger partial charge < -0.3 is 5.73 Å². The number of nitrogens with two attached hydrogens (primary N) is 1. The van der Waals surface area contributed by atoms with E-state index in [9.17, 15) is 8.42 Å². The van der Waals surface area contributed by atoms with Gasteiger partial charge in [-0.25, -0.2) is 8.42 Å². The van der Waals surface area contributed by atoms with Crippen molar-refractivity contribution in [3.8, 4) is 0 Å². The number of nitrogens with one attached hydrogen (secondary N) is 1. The van der Waals surface area contributed by atoms with E-state index in [1.54, 1.807) is 12.1 Å². The maximum atomic E-state index is 11.7. The fraction of sp³-hybridized carbons (Fsp3) is 0.538. The maximum absolute atomic E-state index is 11.7. The lowest BCUT2D eigenvalue weighted by molar-refractivity contribution is 0.590. The lowest BCUT2D eigenvalue weighted by Gasteiger charge is -2.19.